The number of nitrogens with one attached hydrogen (secondary N) is 2. The number of hydrogen-bond donors (Lipinski definition) is 3. The number of aliphatic imine (C=N–C) groups is 1. The molecule has 0 saturated carbocycles. The van der Waals surface area contributed by atoms with E-state index in [1.165, 1.54) is 5.56 Å². The average molecular weight is 268 g/mol. The molecule has 0 radical (unpaired) electrons. The first kappa shape index (κ1) is 14.1. The summed E-state index contributed by atoms with van der Waals surface area (Å²) in [5.41, 5.74) is 5.66. The molecule has 4 N–H and O–H groups in total. The first-order chi connectivity index (χ1) is 9.69. The lowest BCUT2D eigenvalue weighted by atomic mass is 10.0. The van der Waals surface area contributed by atoms with Gasteiger partial charge in [-0.1, -0.05) is 44.2 Å². The summed E-state index contributed by atoms with van der Waals surface area (Å²) in [5, 5.41) is 3.19. The molecule has 0 aliphatic heterocycles. The van der Waals surface area contributed by atoms with Crippen molar-refractivity contribution in [3.05, 3.63) is 60.2 Å². The Morgan fingerprint density at radius 1 is 1.05 bits per heavy atom. The molecule has 0 aliphatic rings. The number of hydrogen-bond acceptors (Lipinski definition) is 2. The molecule has 4 nitrogen and oxygen atoms in total. The van der Waals surface area contributed by atoms with Crippen LogP contribution < -0.4 is 16.6 Å². The van der Waals surface area contributed by atoms with Crippen LogP contribution in [0.4, 0.5) is 11.4 Å². The molecule has 0 unspecified atom stereocenters. The van der Waals surface area contributed by atoms with Gasteiger partial charge in [-0.05, 0) is 35.7 Å². The van der Waals surface area contributed by atoms with Crippen LogP contribution in [0, 0.1) is 0 Å². The Labute approximate surface area is 119 Å². The predicted octanol–water partition coefficient (Wildman–Crippen LogP) is 3.37. The molecule has 2 aromatic rings. The van der Waals surface area contributed by atoms with E-state index in [1.807, 2.05) is 42.5 Å². The van der Waals surface area contributed by atoms with Gasteiger partial charge in [0.2, 0.25) is 5.96 Å². The molecular formula is C16H20N4. The van der Waals surface area contributed by atoms with Gasteiger partial charge in [0.1, 0.15) is 0 Å². The van der Waals surface area contributed by atoms with Gasteiger partial charge in [-0.25, -0.2) is 10.8 Å². The van der Waals surface area contributed by atoms with Gasteiger partial charge in [0.25, 0.3) is 0 Å². The highest BCUT2D eigenvalue weighted by molar-refractivity contribution is 5.94. The van der Waals surface area contributed by atoms with Gasteiger partial charge in [-0.3, -0.25) is 5.43 Å². The maximum absolute atomic E-state index is 5.52. The molecule has 2 aromatic carbocycles. The summed E-state index contributed by atoms with van der Waals surface area (Å²) >= 11 is 0. The van der Waals surface area contributed by atoms with Crippen LogP contribution >= 0.6 is 0 Å². The Bertz CT molecular complexity index is 576. The number of anilines is 1. The standard InChI is InChI=1S/C16H20N4/c1-12(2)13-7-6-10-15(11-13)19-16(20-17)18-14-8-4-3-5-9-14/h3-12H,17H2,1-2H3,(H2,18,19,20). The number of hydrazine groups is 1. The molecule has 0 fully saturated rings. The first-order valence-corrected chi connectivity index (χ1v) is 6.66. The number of rotatable bonds is 3. The minimum Gasteiger partial charge on any atom is -0.325 e. The minimum absolute atomic E-state index is 0.483. The fourth-order valence-electron chi connectivity index (χ4n) is 1.84. The molecule has 4 heteroatoms. The zero-order chi connectivity index (χ0) is 14.4. The van der Waals surface area contributed by atoms with E-state index in [0.717, 1.165) is 11.4 Å². The molecule has 0 heterocycles. The molecule has 20 heavy (non-hydrogen) atoms. The van der Waals surface area contributed by atoms with E-state index in [9.17, 15) is 0 Å². The summed E-state index contributed by atoms with van der Waals surface area (Å²) in [6, 6.07) is 17.9. The van der Waals surface area contributed by atoms with Gasteiger partial charge in [-0.15, -0.1) is 0 Å². The lowest BCUT2D eigenvalue weighted by Crippen LogP contribution is -2.36. The topological polar surface area (TPSA) is 62.4 Å². The Balaban J connectivity index is 2.18. The smallest absolute Gasteiger partial charge is 0.215 e. The highest BCUT2D eigenvalue weighted by Gasteiger charge is 2.02. The maximum Gasteiger partial charge on any atom is 0.215 e. The van der Waals surface area contributed by atoms with Crippen molar-refractivity contribution in [2.24, 2.45) is 10.8 Å². The van der Waals surface area contributed by atoms with Crippen molar-refractivity contribution in [3.63, 3.8) is 0 Å². The van der Waals surface area contributed by atoms with Crippen LogP contribution in [0.5, 0.6) is 0 Å². The Hall–Kier alpha value is -2.33. The van der Waals surface area contributed by atoms with E-state index < -0.39 is 0 Å². The fraction of sp³-hybridized carbons (Fsp3) is 0.188. The minimum atomic E-state index is 0.483. The van der Waals surface area contributed by atoms with Crippen LogP contribution in [-0.4, -0.2) is 5.96 Å². The van der Waals surface area contributed by atoms with Crippen LogP contribution in [0.1, 0.15) is 25.3 Å². The van der Waals surface area contributed by atoms with Crippen molar-refractivity contribution >= 4 is 17.3 Å². The number of para-hydroxylation sites is 1. The monoisotopic (exact) mass is 268 g/mol. The van der Waals surface area contributed by atoms with Gasteiger partial charge in [0.15, 0.2) is 0 Å². The Morgan fingerprint density at radius 2 is 1.80 bits per heavy atom. The lowest BCUT2D eigenvalue weighted by molar-refractivity contribution is 0.867. The summed E-state index contributed by atoms with van der Waals surface area (Å²) < 4.78 is 0. The van der Waals surface area contributed by atoms with Crippen molar-refractivity contribution < 1.29 is 0 Å². The first-order valence-electron chi connectivity index (χ1n) is 6.66. The van der Waals surface area contributed by atoms with E-state index in [0.29, 0.717) is 11.9 Å². The molecule has 0 aromatic heterocycles. The third-order valence-electron chi connectivity index (χ3n) is 2.95. The lowest BCUT2D eigenvalue weighted by Gasteiger charge is -2.12. The SMILES string of the molecule is CC(C)c1cccc(NC(=Nc2ccccc2)NN)c1. The number of guanidine groups is 1. The second-order valence-corrected chi connectivity index (χ2v) is 4.85. The third kappa shape index (κ3) is 3.83. The molecule has 0 saturated heterocycles. The van der Waals surface area contributed by atoms with Gasteiger partial charge in [-0.2, -0.15) is 0 Å². The van der Waals surface area contributed by atoms with Gasteiger partial charge < -0.3 is 5.32 Å². The quantitative estimate of drug-likeness (QED) is 0.346. The zero-order valence-electron chi connectivity index (χ0n) is 11.8. The van der Waals surface area contributed by atoms with Crippen molar-refractivity contribution in [3.8, 4) is 0 Å². The van der Waals surface area contributed by atoms with E-state index in [1.54, 1.807) is 0 Å². The van der Waals surface area contributed by atoms with Crippen molar-refractivity contribution in [2.75, 3.05) is 5.32 Å². The highest BCUT2D eigenvalue weighted by atomic mass is 15.3. The molecule has 2 rings (SSSR count). The summed E-state index contributed by atoms with van der Waals surface area (Å²) in [4.78, 5) is 4.42. The van der Waals surface area contributed by atoms with E-state index >= 15 is 0 Å². The Kier molecular flexibility index (Phi) is 4.74. The molecule has 0 amide bonds. The van der Waals surface area contributed by atoms with Crippen LogP contribution in [0.15, 0.2) is 59.6 Å². The van der Waals surface area contributed by atoms with Crippen LogP contribution in [-0.2, 0) is 0 Å². The summed E-state index contributed by atoms with van der Waals surface area (Å²) in [6.07, 6.45) is 0. The van der Waals surface area contributed by atoms with E-state index in [-0.39, 0.29) is 0 Å². The highest BCUT2D eigenvalue weighted by Crippen LogP contribution is 2.18. The average Bonchev–Trinajstić information content (AvgIpc) is 2.48. The normalized spacial score (nSPS) is 11.5. The second-order valence-electron chi connectivity index (χ2n) is 4.85. The van der Waals surface area contributed by atoms with Crippen molar-refractivity contribution in [2.45, 2.75) is 19.8 Å². The Morgan fingerprint density at radius 3 is 2.45 bits per heavy atom. The fourth-order valence-corrected chi connectivity index (χ4v) is 1.84. The number of nitrogens with two attached hydrogens (primary N) is 1. The predicted molar refractivity (Wildman–Crippen MR) is 85.0 cm³/mol. The van der Waals surface area contributed by atoms with Gasteiger partial charge in [0.05, 0.1) is 5.69 Å². The zero-order valence-corrected chi connectivity index (χ0v) is 11.8. The molecule has 104 valence electrons. The van der Waals surface area contributed by atoms with Crippen molar-refractivity contribution in [1.29, 1.82) is 0 Å². The molecule has 0 atom stereocenters. The molecule has 0 spiro atoms. The molecule has 0 bridgehead atoms. The van der Waals surface area contributed by atoms with Crippen LogP contribution in [0.2, 0.25) is 0 Å². The number of nitrogens with zero attached hydrogens (tertiary/aromatic N) is 1. The summed E-state index contributed by atoms with van der Waals surface area (Å²) in [7, 11) is 0. The number of benzene rings is 2. The maximum atomic E-state index is 5.52. The largest absolute Gasteiger partial charge is 0.325 e. The van der Waals surface area contributed by atoms with Crippen molar-refractivity contribution in [1.82, 2.24) is 5.43 Å². The van der Waals surface area contributed by atoms with Crippen LogP contribution in [0.3, 0.4) is 0 Å². The molecular weight excluding hydrogens is 248 g/mol. The van der Waals surface area contributed by atoms with E-state index in [2.05, 4.69) is 41.7 Å². The van der Waals surface area contributed by atoms with Gasteiger partial charge in [0, 0.05) is 5.69 Å². The summed E-state index contributed by atoms with van der Waals surface area (Å²) in [5.74, 6) is 6.52. The van der Waals surface area contributed by atoms with E-state index in [4.69, 9.17) is 5.84 Å². The summed E-state index contributed by atoms with van der Waals surface area (Å²) in [6.45, 7) is 4.33. The second kappa shape index (κ2) is 6.73. The third-order valence-corrected chi connectivity index (χ3v) is 2.95. The molecule has 0 aliphatic carbocycles. The van der Waals surface area contributed by atoms with Gasteiger partial charge >= 0.3 is 0 Å². The van der Waals surface area contributed by atoms with Crippen LogP contribution in [0.25, 0.3) is 0 Å².